The van der Waals surface area contributed by atoms with Gasteiger partial charge in [0.1, 0.15) is 5.82 Å². The zero-order valence-corrected chi connectivity index (χ0v) is 12.3. The molecule has 0 amide bonds. The van der Waals surface area contributed by atoms with Crippen molar-refractivity contribution in [2.24, 2.45) is 0 Å². The third-order valence-electron chi connectivity index (χ3n) is 4.01. The summed E-state index contributed by atoms with van der Waals surface area (Å²) in [6, 6.07) is 8.80. The molecule has 0 saturated carbocycles. The van der Waals surface area contributed by atoms with Gasteiger partial charge in [-0.15, -0.1) is 0 Å². The van der Waals surface area contributed by atoms with Crippen molar-refractivity contribution in [2.75, 3.05) is 19.8 Å². The standard InChI is InChI=1S/C16H23N3O/c1-3-9-19-15-8-6-5-7-13(15)18-16(19)12-10-20-11-14(12)17-4-2/h5-8,12,14,17H,3-4,9-11H2,1-2H3. The maximum Gasteiger partial charge on any atom is 0.116 e. The van der Waals surface area contributed by atoms with Crippen LogP contribution in [-0.2, 0) is 11.3 Å². The van der Waals surface area contributed by atoms with Crippen LogP contribution in [0.3, 0.4) is 0 Å². The first kappa shape index (κ1) is 13.6. The number of hydrogen-bond acceptors (Lipinski definition) is 3. The first-order valence-electron chi connectivity index (χ1n) is 7.61. The van der Waals surface area contributed by atoms with Crippen LogP contribution in [0.5, 0.6) is 0 Å². The first-order valence-corrected chi connectivity index (χ1v) is 7.61. The van der Waals surface area contributed by atoms with E-state index < -0.39 is 0 Å². The Labute approximate surface area is 120 Å². The highest BCUT2D eigenvalue weighted by Gasteiger charge is 2.32. The quantitative estimate of drug-likeness (QED) is 0.910. The van der Waals surface area contributed by atoms with Gasteiger partial charge in [-0.1, -0.05) is 26.0 Å². The molecule has 2 atom stereocenters. The second-order valence-corrected chi connectivity index (χ2v) is 5.42. The lowest BCUT2D eigenvalue weighted by molar-refractivity contribution is 0.187. The van der Waals surface area contributed by atoms with E-state index in [1.165, 1.54) is 11.3 Å². The smallest absolute Gasteiger partial charge is 0.116 e. The van der Waals surface area contributed by atoms with Crippen molar-refractivity contribution in [3.8, 4) is 0 Å². The molecule has 0 radical (unpaired) electrons. The van der Waals surface area contributed by atoms with Gasteiger partial charge in [0.15, 0.2) is 0 Å². The fraction of sp³-hybridized carbons (Fsp3) is 0.562. The number of likely N-dealkylation sites (N-methyl/N-ethyl adjacent to an activating group) is 1. The third-order valence-corrected chi connectivity index (χ3v) is 4.01. The summed E-state index contributed by atoms with van der Waals surface area (Å²) in [5.74, 6) is 1.53. The largest absolute Gasteiger partial charge is 0.379 e. The van der Waals surface area contributed by atoms with Crippen molar-refractivity contribution >= 4 is 11.0 Å². The van der Waals surface area contributed by atoms with Gasteiger partial charge in [-0.2, -0.15) is 0 Å². The van der Waals surface area contributed by atoms with Crippen LogP contribution in [0.4, 0.5) is 0 Å². The highest BCUT2D eigenvalue weighted by atomic mass is 16.5. The van der Waals surface area contributed by atoms with E-state index in [9.17, 15) is 0 Å². The van der Waals surface area contributed by atoms with Crippen molar-refractivity contribution in [1.82, 2.24) is 14.9 Å². The van der Waals surface area contributed by atoms with Crippen LogP contribution >= 0.6 is 0 Å². The van der Waals surface area contributed by atoms with Crippen LogP contribution < -0.4 is 5.32 Å². The summed E-state index contributed by atoms with van der Waals surface area (Å²) in [6.07, 6.45) is 1.12. The summed E-state index contributed by atoms with van der Waals surface area (Å²) >= 11 is 0. The summed E-state index contributed by atoms with van der Waals surface area (Å²) in [4.78, 5) is 4.89. The molecule has 1 aromatic carbocycles. The minimum absolute atomic E-state index is 0.355. The van der Waals surface area contributed by atoms with Crippen LogP contribution in [0.25, 0.3) is 11.0 Å². The number of aromatic nitrogens is 2. The van der Waals surface area contributed by atoms with Gasteiger partial charge in [-0.25, -0.2) is 4.98 Å². The highest BCUT2D eigenvalue weighted by Crippen LogP contribution is 2.28. The van der Waals surface area contributed by atoms with Gasteiger partial charge in [0, 0.05) is 12.6 Å². The number of para-hydroxylation sites is 2. The van der Waals surface area contributed by atoms with Gasteiger partial charge in [0.05, 0.1) is 30.2 Å². The predicted molar refractivity (Wildman–Crippen MR) is 81.0 cm³/mol. The molecule has 0 aliphatic carbocycles. The van der Waals surface area contributed by atoms with Crippen molar-refractivity contribution in [2.45, 2.75) is 38.8 Å². The predicted octanol–water partition coefficient (Wildman–Crippen LogP) is 2.54. The normalized spacial score (nSPS) is 22.7. The Morgan fingerprint density at radius 3 is 2.95 bits per heavy atom. The number of imidazole rings is 1. The van der Waals surface area contributed by atoms with Crippen LogP contribution in [0, 0.1) is 0 Å². The van der Waals surface area contributed by atoms with E-state index in [-0.39, 0.29) is 0 Å². The van der Waals surface area contributed by atoms with Crippen LogP contribution in [0.15, 0.2) is 24.3 Å². The molecule has 1 aliphatic rings. The van der Waals surface area contributed by atoms with Gasteiger partial charge in [0.25, 0.3) is 0 Å². The lowest BCUT2D eigenvalue weighted by Crippen LogP contribution is -2.35. The monoisotopic (exact) mass is 273 g/mol. The molecule has 1 aliphatic heterocycles. The van der Waals surface area contributed by atoms with Crippen LogP contribution in [-0.4, -0.2) is 35.4 Å². The molecule has 1 N–H and O–H groups in total. The molecule has 2 aromatic rings. The lowest BCUT2D eigenvalue weighted by atomic mass is 10.0. The number of rotatable bonds is 5. The Morgan fingerprint density at radius 1 is 1.30 bits per heavy atom. The molecule has 1 fully saturated rings. The minimum atomic E-state index is 0.355. The van der Waals surface area contributed by atoms with E-state index in [2.05, 4.69) is 48.0 Å². The van der Waals surface area contributed by atoms with E-state index >= 15 is 0 Å². The molecule has 2 unspecified atom stereocenters. The molecular formula is C16H23N3O. The Hall–Kier alpha value is -1.39. The Morgan fingerprint density at radius 2 is 2.15 bits per heavy atom. The minimum Gasteiger partial charge on any atom is -0.379 e. The van der Waals surface area contributed by atoms with Crippen molar-refractivity contribution in [3.63, 3.8) is 0 Å². The van der Waals surface area contributed by atoms with Crippen molar-refractivity contribution < 1.29 is 4.74 Å². The number of benzene rings is 1. The fourth-order valence-corrected chi connectivity index (χ4v) is 3.11. The molecule has 108 valence electrons. The van der Waals surface area contributed by atoms with Gasteiger partial charge in [-0.3, -0.25) is 0 Å². The zero-order chi connectivity index (χ0) is 13.9. The van der Waals surface area contributed by atoms with E-state index in [0.29, 0.717) is 12.0 Å². The van der Waals surface area contributed by atoms with Gasteiger partial charge < -0.3 is 14.6 Å². The van der Waals surface area contributed by atoms with Crippen LogP contribution in [0.2, 0.25) is 0 Å². The van der Waals surface area contributed by atoms with Gasteiger partial charge in [0.2, 0.25) is 0 Å². The molecule has 1 saturated heterocycles. The molecular weight excluding hydrogens is 250 g/mol. The second kappa shape index (κ2) is 5.94. The van der Waals surface area contributed by atoms with Gasteiger partial charge >= 0.3 is 0 Å². The maximum atomic E-state index is 5.69. The molecule has 3 rings (SSSR count). The molecule has 0 bridgehead atoms. The number of nitrogens with one attached hydrogen (secondary N) is 1. The Kier molecular flexibility index (Phi) is 4.03. The van der Waals surface area contributed by atoms with E-state index in [1.807, 2.05) is 0 Å². The molecule has 20 heavy (non-hydrogen) atoms. The summed E-state index contributed by atoms with van der Waals surface area (Å²) < 4.78 is 8.06. The summed E-state index contributed by atoms with van der Waals surface area (Å²) in [6.45, 7) is 7.90. The summed E-state index contributed by atoms with van der Waals surface area (Å²) in [5, 5.41) is 3.53. The number of hydrogen-bond donors (Lipinski definition) is 1. The van der Waals surface area contributed by atoms with Crippen molar-refractivity contribution in [3.05, 3.63) is 30.1 Å². The first-order chi connectivity index (χ1) is 9.85. The number of fused-ring (bicyclic) bond motifs is 1. The molecule has 4 heteroatoms. The highest BCUT2D eigenvalue weighted by molar-refractivity contribution is 5.76. The average Bonchev–Trinajstić information content (AvgIpc) is 3.05. The van der Waals surface area contributed by atoms with Crippen molar-refractivity contribution in [1.29, 1.82) is 0 Å². The number of aryl methyl sites for hydroxylation is 1. The fourth-order valence-electron chi connectivity index (χ4n) is 3.11. The average molecular weight is 273 g/mol. The lowest BCUT2D eigenvalue weighted by Gasteiger charge is -2.19. The van der Waals surface area contributed by atoms with E-state index in [4.69, 9.17) is 9.72 Å². The molecule has 1 aromatic heterocycles. The Balaban J connectivity index is 2.03. The number of ether oxygens (including phenoxy) is 1. The third kappa shape index (κ3) is 2.34. The van der Waals surface area contributed by atoms with E-state index in [1.54, 1.807) is 0 Å². The van der Waals surface area contributed by atoms with Crippen LogP contribution in [0.1, 0.15) is 32.0 Å². The van der Waals surface area contributed by atoms with E-state index in [0.717, 1.165) is 38.2 Å². The summed E-state index contributed by atoms with van der Waals surface area (Å²) in [7, 11) is 0. The SMILES string of the molecule is CCCn1c(C2COCC2NCC)nc2ccccc21. The topological polar surface area (TPSA) is 39.1 Å². The zero-order valence-electron chi connectivity index (χ0n) is 12.3. The summed E-state index contributed by atoms with van der Waals surface area (Å²) in [5.41, 5.74) is 2.34. The molecule has 4 nitrogen and oxygen atoms in total. The maximum absolute atomic E-state index is 5.69. The second-order valence-electron chi connectivity index (χ2n) is 5.42. The van der Waals surface area contributed by atoms with Gasteiger partial charge in [-0.05, 0) is 25.1 Å². The molecule has 2 heterocycles. The number of nitrogens with zero attached hydrogens (tertiary/aromatic N) is 2. The Bertz CT molecular complexity index is 578. The molecule has 0 spiro atoms.